The minimum absolute atomic E-state index is 0.547. The van der Waals surface area contributed by atoms with Crippen molar-refractivity contribution in [3.8, 4) is 90.3 Å². The third-order valence-corrected chi connectivity index (χ3v) is 9.27. The number of nitrogens with zero attached hydrogens (tertiary/aromatic N) is 6. The van der Waals surface area contributed by atoms with Gasteiger partial charge in [0, 0.05) is 34.6 Å². The van der Waals surface area contributed by atoms with Crippen molar-refractivity contribution in [1.82, 2.24) is 29.9 Å². The quantitative estimate of drug-likeness (QED) is 0.158. The number of rotatable bonds is 8. The van der Waals surface area contributed by atoms with Crippen LogP contribution >= 0.6 is 0 Å². The second kappa shape index (κ2) is 14.7. The molecule has 0 saturated heterocycles. The van der Waals surface area contributed by atoms with Gasteiger partial charge >= 0.3 is 0 Å². The van der Waals surface area contributed by atoms with E-state index in [1.165, 1.54) is 5.56 Å². The molecule has 0 amide bonds. The van der Waals surface area contributed by atoms with Crippen LogP contribution in [0.5, 0.6) is 0 Å². The Balaban J connectivity index is 1.10. The van der Waals surface area contributed by atoms with Gasteiger partial charge in [0.05, 0.1) is 22.8 Å². The molecule has 0 N–H and O–H groups in total. The van der Waals surface area contributed by atoms with Gasteiger partial charge in [0.15, 0.2) is 17.5 Å². The second-order valence-corrected chi connectivity index (χ2v) is 12.8. The molecule has 0 radical (unpaired) electrons. The van der Waals surface area contributed by atoms with Gasteiger partial charge in [0.25, 0.3) is 0 Å². The first-order chi connectivity index (χ1) is 26.7. The molecule has 0 saturated carbocycles. The fraction of sp³-hybridized carbons (Fsp3) is 0. The molecule has 9 aromatic rings. The van der Waals surface area contributed by atoms with Crippen LogP contribution in [0.1, 0.15) is 0 Å². The normalized spacial score (nSPS) is 11.0. The highest BCUT2D eigenvalue weighted by Gasteiger charge is 2.15. The van der Waals surface area contributed by atoms with Crippen molar-refractivity contribution in [2.75, 3.05) is 0 Å². The average molecular weight is 693 g/mol. The second-order valence-electron chi connectivity index (χ2n) is 12.8. The lowest BCUT2D eigenvalue weighted by atomic mass is 9.99. The van der Waals surface area contributed by atoms with Crippen molar-refractivity contribution < 1.29 is 0 Å². The number of pyridine rings is 3. The molecular formula is C48H32N6. The van der Waals surface area contributed by atoms with Crippen LogP contribution in [0.15, 0.2) is 194 Å². The molecular weight excluding hydrogens is 661 g/mol. The number of hydrogen-bond donors (Lipinski definition) is 0. The highest BCUT2D eigenvalue weighted by Crippen LogP contribution is 2.32. The maximum absolute atomic E-state index is 5.11. The molecule has 5 aromatic carbocycles. The van der Waals surface area contributed by atoms with Crippen molar-refractivity contribution in [2.45, 2.75) is 0 Å². The van der Waals surface area contributed by atoms with Gasteiger partial charge in [-0.2, -0.15) is 0 Å². The molecule has 0 atom stereocenters. The zero-order chi connectivity index (χ0) is 36.1. The Morgan fingerprint density at radius 2 is 0.556 bits per heavy atom. The first kappa shape index (κ1) is 32.5. The van der Waals surface area contributed by atoms with E-state index in [1.807, 2.05) is 116 Å². The third-order valence-electron chi connectivity index (χ3n) is 9.27. The lowest BCUT2D eigenvalue weighted by Gasteiger charge is -2.11. The molecule has 4 heterocycles. The van der Waals surface area contributed by atoms with Gasteiger partial charge in [-0.3, -0.25) is 9.97 Å². The zero-order valence-electron chi connectivity index (χ0n) is 29.2. The number of benzene rings is 5. The van der Waals surface area contributed by atoms with Crippen molar-refractivity contribution in [3.63, 3.8) is 0 Å². The van der Waals surface area contributed by atoms with Crippen LogP contribution in [-0.4, -0.2) is 29.9 Å². The van der Waals surface area contributed by atoms with E-state index in [0.717, 1.165) is 67.3 Å². The third kappa shape index (κ3) is 6.92. The van der Waals surface area contributed by atoms with E-state index in [9.17, 15) is 0 Å². The lowest BCUT2D eigenvalue weighted by Crippen LogP contribution is -2.00. The highest BCUT2D eigenvalue weighted by molar-refractivity contribution is 5.78. The Kier molecular flexibility index (Phi) is 8.81. The van der Waals surface area contributed by atoms with E-state index in [-0.39, 0.29) is 0 Å². The van der Waals surface area contributed by atoms with Crippen LogP contribution < -0.4 is 0 Å². The van der Waals surface area contributed by atoms with Crippen LogP contribution in [0.3, 0.4) is 0 Å². The summed E-state index contributed by atoms with van der Waals surface area (Å²) >= 11 is 0. The molecule has 6 nitrogen and oxygen atoms in total. The molecule has 9 rings (SSSR count). The molecule has 6 heteroatoms. The van der Waals surface area contributed by atoms with Crippen LogP contribution in [0.2, 0.25) is 0 Å². The van der Waals surface area contributed by atoms with Gasteiger partial charge < -0.3 is 0 Å². The maximum atomic E-state index is 5.11. The Hall–Kier alpha value is -7.44. The maximum Gasteiger partial charge on any atom is 0.165 e. The van der Waals surface area contributed by atoms with E-state index in [2.05, 4.69) is 78.9 Å². The molecule has 0 bridgehead atoms. The van der Waals surface area contributed by atoms with Crippen LogP contribution in [0.25, 0.3) is 90.3 Å². The molecule has 254 valence electrons. The first-order valence-electron chi connectivity index (χ1n) is 17.8. The van der Waals surface area contributed by atoms with Gasteiger partial charge in [-0.05, 0) is 58.1 Å². The minimum atomic E-state index is 0.547. The number of hydrogen-bond acceptors (Lipinski definition) is 6. The van der Waals surface area contributed by atoms with Gasteiger partial charge in [-0.15, -0.1) is 0 Å². The summed E-state index contributed by atoms with van der Waals surface area (Å²) in [6.07, 6.45) is 3.71. The fourth-order valence-electron chi connectivity index (χ4n) is 6.41. The minimum Gasteiger partial charge on any atom is -0.254 e. The van der Waals surface area contributed by atoms with E-state index in [1.54, 1.807) is 0 Å². The zero-order valence-corrected chi connectivity index (χ0v) is 29.2. The summed E-state index contributed by atoms with van der Waals surface area (Å²) in [4.78, 5) is 29.5. The Morgan fingerprint density at radius 1 is 0.222 bits per heavy atom. The SMILES string of the molecule is c1ccc(-c2ccc(-c3cc(-c4ccc(-c5ccccc5)cn4)nc(-c4ccc(-c5nc(-c6ccccc6)nc(-c6ccccc6)n5)cn4)c3)cc2)cc1. The van der Waals surface area contributed by atoms with Crippen LogP contribution in [0.4, 0.5) is 0 Å². The summed E-state index contributed by atoms with van der Waals surface area (Å²) in [6, 6.07) is 61.5. The average Bonchev–Trinajstić information content (AvgIpc) is 3.27. The van der Waals surface area contributed by atoms with Gasteiger partial charge in [0.1, 0.15) is 0 Å². The molecule has 0 aliphatic carbocycles. The molecule has 0 aliphatic rings. The molecule has 0 unspecified atom stereocenters. The van der Waals surface area contributed by atoms with Crippen LogP contribution in [0, 0.1) is 0 Å². The highest BCUT2D eigenvalue weighted by atomic mass is 15.0. The van der Waals surface area contributed by atoms with E-state index in [0.29, 0.717) is 17.5 Å². The van der Waals surface area contributed by atoms with Crippen molar-refractivity contribution in [1.29, 1.82) is 0 Å². The monoisotopic (exact) mass is 692 g/mol. The predicted molar refractivity (Wildman–Crippen MR) is 217 cm³/mol. The lowest BCUT2D eigenvalue weighted by molar-refractivity contribution is 1.07. The topological polar surface area (TPSA) is 77.3 Å². The fourth-order valence-corrected chi connectivity index (χ4v) is 6.41. The van der Waals surface area contributed by atoms with Gasteiger partial charge in [-0.1, -0.05) is 152 Å². The smallest absolute Gasteiger partial charge is 0.165 e. The summed E-state index contributed by atoms with van der Waals surface area (Å²) in [5, 5.41) is 0. The van der Waals surface area contributed by atoms with E-state index >= 15 is 0 Å². The molecule has 0 fully saturated rings. The van der Waals surface area contributed by atoms with E-state index in [4.69, 9.17) is 29.9 Å². The van der Waals surface area contributed by atoms with Crippen molar-refractivity contribution in [2.24, 2.45) is 0 Å². The van der Waals surface area contributed by atoms with Gasteiger partial charge in [0.2, 0.25) is 0 Å². The van der Waals surface area contributed by atoms with Crippen LogP contribution in [-0.2, 0) is 0 Å². The van der Waals surface area contributed by atoms with Crippen molar-refractivity contribution >= 4 is 0 Å². The summed E-state index contributed by atoms with van der Waals surface area (Å²) in [7, 11) is 0. The van der Waals surface area contributed by atoms with Gasteiger partial charge in [-0.25, -0.2) is 19.9 Å². The summed E-state index contributed by atoms with van der Waals surface area (Å²) in [5.74, 6) is 1.75. The number of aromatic nitrogens is 6. The largest absolute Gasteiger partial charge is 0.254 e. The summed E-state index contributed by atoms with van der Waals surface area (Å²) < 4.78 is 0. The Morgan fingerprint density at radius 3 is 0.981 bits per heavy atom. The molecule has 4 aromatic heterocycles. The predicted octanol–water partition coefficient (Wildman–Crippen LogP) is 11.4. The standard InChI is InChI=1S/C48H32N6/c1-5-13-33(14-6-1)35-21-23-36(24-22-35)41-29-44(42-27-25-39(31-49-42)34-15-7-2-8-16-34)51-45(30-41)43-28-26-40(32-50-43)48-53-46(37-17-9-3-10-18-37)52-47(54-48)38-19-11-4-12-20-38/h1-32H. The van der Waals surface area contributed by atoms with Crippen molar-refractivity contribution in [3.05, 3.63) is 194 Å². The first-order valence-corrected chi connectivity index (χ1v) is 17.8. The Bertz CT molecular complexity index is 2490. The summed E-state index contributed by atoms with van der Waals surface area (Å²) in [5.41, 5.74) is 12.2. The Labute approximate surface area is 313 Å². The molecule has 54 heavy (non-hydrogen) atoms. The summed E-state index contributed by atoms with van der Waals surface area (Å²) in [6.45, 7) is 0. The molecule has 0 spiro atoms. The van der Waals surface area contributed by atoms with E-state index < -0.39 is 0 Å². The molecule has 0 aliphatic heterocycles.